The van der Waals surface area contributed by atoms with Gasteiger partial charge < -0.3 is 14.0 Å². The summed E-state index contributed by atoms with van der Waals surface area (Å²) >= 11 is 0. The van der Waals surface area contributed by atoms with Crippen molar-refractivity contribution in [2.45, 2.75) is 26.2 Å². The van der Waals surface area contributed by atoms with Gasteiger partial charge >= 0.3 is 6.61 Å². The summed E-state index contributed by atoms with van der Waals surface area (Å²) in [5.41, 5.74) is 1.67. The van der Waals surface area contributed by atoms with Crippen LogP contribution in [0.5, 0.6) is 5.75 Å². The highest BCUT2D eigenvalue weighted by molar-refractivity contribution is 5.30. The van der Waals surface area contributed by atoms with Crippen molar-refractivity contribution in [2.24, 2.45) is 0 Å². The van der Waals surface area contributed by atoms with Gasteiger partial charge in [0, 0.05) is 19.2 Å². The third-order valence-electron chi connectivity index (χ3n) is 3.66. The largest absolute Gasteiger partial charge is 0.435 e. The Bertz CT molecular complexity index is 648. The lowest BCUT2D eigenvalue weighted by molar-refractivity contribution is -0.0510. The number of aryl methyl sites for hydroxylation is 1. The van der Waals surface area contributed by atoms with E-state index in [0.717, 1.165) is 23.6 Å². The Balaban J connectivity index is 1.66. The molecule has 2 aromatic rings. The normalized spacial score (nSPS) is 19.2. The fourth-order valence-corrected chi connectivity index (χ4v) is 2.65. The van der Waals surface area contributed by atoms with Gasteiger partial charge in [-0.25, -0.2) is 0 Å². The molecule has 23 heavy (non-hydrogen) atoms. The van der Waals surface area contributed by atoms with Crippen LogP contribution in [0.1, 0.15) is 23.1 Å². The highest BCUT2D eigenvalue weighted by Crippen LogP contribution is 2.26. The minimum Gasteiger partial charge on any atom is -0.435 e. The van der Waals surface area contributed by atoms with Crippen molar-refractivity contribution in [1.82, 2.24) is 10.1 Å². The number of morpholine rings is 1. The molecular formula is C16H18F2N2O3. The molecule has 2 heterocycles. The van der Waals surface area contributed by atoms with Gasteiger partial charge in [0.25, 0.3) is 0 Å². The van der Waals surface area contributed by atoms with E-state index in [1.54, 1.807) is 12.1 Å². The SMILES string of the molecule is Cc1cc(CN2CCO[C@@H](c3cccc(OC(F)F)c3)C2)on1. The van der Waals surface area contributed by atoms with Crippen LogP contribution in [-0.4, -0.2) is 36.4 Å². The molecular weight excluding hydrogens is 306 g/mol. The van der Waals surface area contributed by atoms with Crippen molar-refractivity contribution in [1.29, 1.82) is 0 Å². The van der Waals surface area contributed by atoms with Crippen molar-refractivity contribution in [3.63, 3.8) is 0 Å². The first kappa shape index (κ1) is 15.9. The molecule has 1 aromatic carbocycles. The molecule has 1 aromatic heterocycles. The number of rotatable bonds is 5. The van der Waals surface area contributed by atoms with Gasteiger partial charge in [-0.1, -0.05) is 17.3 Å². The van der Waals surface area contributed by atoms with Crippen molar-refractivity contribution < 1.29 is 22.8 Å². The predicted molar refractivity (Wildman–Crippen MR) is 78.3 cm³/mol. The quantitative estimate of drug-likeness (QED) is 0.845. The molecule has 124 valence electrons. The fourth-order valence-electron chi connectivity index (χ4n) is 2.65. The average Bonchev–Trinajstić information content (AvgIpc) is 2.92. The van der Waals surface area contributed by atoms with E-state index in [2.05, 4.69) is 14.8 Å². The van der Waals surface area contributed by atoms with Crippen LogP contribution in [-0.2, 0) is 11.3 Å². The molecule has 0 bridgehead atoms. The Morgan fingerprint density at radius 1 is 1.39 bits per heavy atom. The molecule has 5 nitrogen and oxygen atoms in total. The fraction of sp³-hybridized carbons (Fsp3) is 0.438. The molecule has 0 radical (unpaired) electrons. The standard InChI is InChI=1S/C16H18F2N2O3/c1-11-7-14(23-19-11)9-20-5-6-21-15(10-20)12-3-2-4-13(8-12)22-16(17)18/h2-4,7-8,15-16H,5-6,9-10H2,1H3/t15-/m1/s1. The second kappa shape index (κ2) is 7.06. The summed E-state index contributed by atoms with van der Waals surface area (Å²) in [6.07, 6.45) is -0.186. The van der Waals surface area contributed by atoms with Crippen LogP contribution in [0.4, 0.5) is 8.78 Å². The summed E-state index contributed by atoms with van der Waals surface area (Å²) in [6.45, 7) is 1.69. The lowest BCUT2D eigenvalue weighted by Crippen LogP contribution is -2.37. The van der Waals surface area contributed by atoms with Crippen LogP contribution >= 0.6 is 0 Å². The second-order valence-corrected chi connectivity index (χ2v) is 5.48. The summed E-state index contributed by atoms with van der Waals surface area (Å²) in [6, 6.07) is 8.55. The zero-order chi connectivity index (χ0) is 16.2. The topological polar surface area (TPSA) is 47.7 Å². The number of hydrogen-bond acceptors (Lipinski definition) is 5. The Hall–Kier alpha value is -1.99. The van der Waals surface area contributed by atoms with E-state index in [0.29, 0.717) is 19.7 Å². The Morgan fingerprint density at radius 2 is 2.26 bits per heavy atom. The minimum atomic E-state index is -2.83. The molecule has 0 unspecified atom stereocenters. The number of aromatic nitrogens is 1. The first-order valence-corrected chi connectivity index (χ1v) is 7.41. The molecule has 3 rings (SSSR count). The second-order valence-electron chi connectivity index (χ2n) is 5.48. The van der Waals surface area contributed by atoms with Gasteiger partial charge in [0.1, 0.15) is 5.75 Å². The number of benzene rings is 1. The van der Waals surface area contributed by atoms with E-state index in [9.17, 15) is 8.78 Å². The maximum Gasteiger partial charge on any atom is 0.387 e. The van der Waals surface area contributed by atoms with Crippen LogP contribution in [0.3, 0.4) is 0 Å². The Morgan fingerprint density at radius 3 is 3.00 bits per heavy atom. The molecule has 7 heteroatoms. The maximum atomic E-state index is 12.3. The molecule has 1 aliphatic rings. The summed E-state index contributed by atoms with van der Waals surface area (Å²) in [5.74, 6) is 0.946. The molecule has 1 aliphatic heterocycles. The van der Waals surface area contributed by atoms with E-state index in [-0.39, 0.29) is 11.9 Å². The van der Waals surface area contributed by atoms with Crippen LogP contribution in [0, 0.1) is 6.92 Å². The van der Waals surface area contributed by atoms with Gasteiger partial charge in [0.15, 0.2) is 5.76 Å². The highest BCUT2D eigenvalue weighted by Gasteiger charge is 2.23. The smallest absolute Gasteiger partial charge is 0.387 e. The molecule has 1 saturated heterocycles. The molecule has 0 saturated carbocycles. The zero-order valence-corrected chi connectivity index (χ0v) is 12.7. The van der Waals surface area contributed by atoms with Gasteiger partial charge in [-0.15, -0.1) is 0 Å². The number of nitrogens with zero attached hydrogens (tertiary/aromatic N) is 2. The molecule has 0 aliphatic carbocycles. The van der Waals surface area contributed by atoms with Crippen molar-refractivity contribution in [3.05, 3.63) is 47.3 Å². The lowest BCUT2D eigenvalue weighted by Gasteiger charge is -2.32. The lowest BCUT2D eigenvalue weighted by atomic mass is 10.1. The first-order chi connectivity index (χ1) is 11.1. The Kier molecular flexibility index (Phi) is 4.88. The van der Waals surface area contributed by atoms with Gasteiger partial charge in [-0.05, 0) is 24.6 Å². The van der Waals surface area contributed by atoms with Crippen LogP contribution in [0.15, 0.2) is 34.9 Å². The summed E-state index contributed by atoms with van der Waals surface area (Å²) in [7, 11) is 0. The molecule has 1 fully saturated rings. The molecule has 0 N–H and O–H groups in total. The van der Waals surface area contributed by atoms with Gasteiger partial charge in [-0.2, -0.15) is 8.78 Å². The monoisotopic (exact) mass is 324 g/mol. The third kappa shape index (κ3) is 4.27. The summed E-state index contributed by atoms with van der Waals surface area (Å²) < 4.78 is 40.1. The van der Waals surface area contributed by atoms with Gasteiger partial charge in [0.05, 0.1) is 24.9 Å². The van der Waals surface area contributed by atoms with Crippen molar-refractivity contribution >= 4 is 0 Å². The van der Waals surface area contributed by atoms with E-state index in [4.69, 9.17) is 9.26 Å². The van der Waals surface area contributed by atoms with Gasteiger partial charge in [0.2, 0.25) is 0 Å². The average molecular weight is 324 g/mol. The first-order valence-electron chi connectivity index (χ1n) is 7.41. The van der Waals surface area contributed by atoms with Gasteiger partial charge in [-0.3, -0.25) is 4.90 Å². The van der Waals surface area contributed by atoms with Crippen molar-refractivity contribution in [2.75, 3.05) is 19.7 Å². The number of hydrogen-bond donors (Lipinski definition) is 0. The third-order valence-corrected chi connectivity index (χ3v) is 3.66. The van der Waals surface area contributed by atoms with E-state index in [1.165, 1.54) is 6.07 Å². The summed E-state index contributed by atoms with van der Waals surface area (Å²) in [5, 5.41) is 3.88. The van der Waals surface area contributed by atoms with E-state index >= 15 is 0 Å². The van der Waals surface area contributed by atoms with E-state index in [1.807, 2.05) is 19.1 Å². The minimum absolute atomic E-state index is 0.143. The number of halogens is 2. The van der Waals surface area contributed by atoms with Crippen molar-refractivity contribution in [3.8, 4) is 5.75 Å². The number of ether oxygens (including phenoxy) is 2. The number of alkyl halides is 2. The van der Waals surface area contributed by atoms with Crippen LogP contribution in [0.25, 0.3) is 0 Å². The predicted octanol–water partition coefficient (Wildman–Crippen LogP) is 3.16. The van der Waals surface area contributed by atoms with E-state index < -0.39 is 6.61 Å². The van der Waals surface area contributed by atoms with Crippen LogP contribution < -0.4 is 4.74 Å². The maximum absolute atomic E-state index is 12.3. The Labute approximate surface area is 132 Å². The molecule has 1 atom stereocenters. The van der Waals surface area contributed by atoms with Crippen LogP contribution in [0.2, 0.25) is 0 Å². The summed E-state index contributed by atoms with van der Waals surface area (Å²) in [4.78, 5) is 2.19. The highest BCUT2D eigenvalue weighted by atomic mass is 19.3. The zero-order valence-electron chi connectivity index (χ0n) is 12.7. The molecule has 0 amide bonds. The molecule has 0 spiro atoms.